The van der Waals surface area contributed by atoms with E-state index in [9.17, 15) is 9.59 Å². The molecule has 0 aromatic rings. The van der Waals surface area contributed by atoms with Crippen LogP contribution in [0.4, 0.5) is 0 Å². The van der Waals surface area contributed by atoms with Gasteiger partial charge in [0.15, 0.2) is 0 Å². The Kier molecular flexibility index (Phi) is 5.93. The molecule has 0 unspecified atom stereocenters. The smallest absolute Gasteiger partial charge is 0.312 e. The molecule has 0 radical (unpaired) electrons. The highest BCUT2D eigenvalue weighted by Gasteiger charge is 2.13. The zero-order valence-corrected chi connectivity index (χ0v) is 10.3. The SMILES string of the molecule is CN1CCN(CCCNC(=O)CC(=O)O)CC1. The Labute approximate surface area is 102 Å². The van der Waals surface area contributed by atoms with Gasteiger partial charge < -0.3 is 20.2 Å². The Hall–Kier alpha value is -1.14. The van der Waals surface area contributed by atoms with Gasteiger partial charge in [-0.15, -0.1) is 0 Å². The molecule has 0 atom stereocenters. The van der Waals surface area contributed by atoms with Crippen LogP contribution in [0.5, 0.6) is 0 Å². The van der Waals surface area contributed by atoms with Crippen LogP contribution in [0.2, 0.25) is 0 Å². The van der Waals surface area contributed by atoms with Crippen LogP contribution in [0.3, 0.4) is 0 Å². The maximum atomic E-state index is 11.0. The molecule has 1 aliphatic heterocycles. The number of hydrogen-bond donors (Lipinski definition) is 2. The number of nitrogens with one attached hydrogen (secondary N) is 1. The van der Waals surface area contributed by atoms with Gasteiger partial charge in [0, 0.05) is 32.7 Å². The summed E-state index contributed by atoms with van der Waals surface area (Å²) in [5.74, 6) is -1.49. The highest BCUT2D eigenvalue weighted by molar-refractivity contribution is 5.93. The van der Waals surface area contributed by atoms with Crippen LogP contribution in [-0.2, 0) is 9.59 Å². The number of likely N-dealkylation sites (N-methyl/N-ethyl adjacent to an activating group) is 1. The number of aliphatic carboxylic acids is 1. The minimum absolute atomic E-state index is 0.407. The van der Waals surface area contributed by atoms with Crippen LogP contribution in [0.15, 0.2) is 0 Å². The molecule has 0 aromatic heterocycles. The molecule has 0 aromatic carbocycles. The number of rotatable bonds is 6. The van der Waals surface area contributed by atoms with Gasteiger partial charge in [-0.3, -0.25) is 9.59 Å². The molecule has 98 valence electrons. The number of carboxylic acids is 1. The fraction of sp³-hybridized carbons (Fsp3) is 0.818. The Morgan fingerprint density at radius 3 is 2.47 bits per heavy atom. The summed E-state index contributed by atoms with van der Waals surface area (Å²) >= 11 is 0. The predicted octanol–water partition coefficient (Wildman–Crippen LogP) is -0.785. The molecule has 1 rings (SSSR count). The third-order valence-corrected chi connectivity index (χ3v) is 2.88. The highest BCUT2D eigenvalue weighted by Crippen LogP contribution is 1.99. The average Bonchev–Trinajstić information content (AvgIpc) is 2.26. The Balaban J connectivity index is 2.00. The van der Waals surface area contributed by atoms with Crippen molar-refractivity contribution in [3.05, 3.63) is 0 Å². The molecule has 1 heterocycles. The van der Waals surface area contributed by atoms with Gasteiger partial charge in [0.05, 0.1) is 0 Å². The summed E-state index contributed by atoms with van der Waals surface area (Å²) in [6.07, 6.45) is 0.434. The molecule has 0 bridgehead atoms. The molecule has 6 nitrogen and oxygen atoms in total. The molecule has 0 aliphatic carbocycles. The molecule has 0 saturated carbocycles. The monoisotopic (exact) mass is 243 g/mol. The molecule has 1 aliphatic rings. The van der Waals surface area contributed by atoms with Gasteiger partial charge in [-0.05, 0) is 20.0 Å². The molecule has 1 amide bonds. The molecular formula is C11H21N3O3. The quantitative estimate of drug-likeness (QED) is 0.473. The minimum Gasteiger partial charge on any atom is -0.481 e. The predicted molar refractivity (Wildman–Crippen MR) is 63.8 cm³/mol. The van der Waals surface area contributed by atoms with Crippen molar-refractivity contribution in [3.8, 4) is 0 Å². The lowest BCUT2D eigenvalue weighted by Crippen LogP contribution is -2.45. The second-order valence-electron chi connectivity index (χ2n) is 4.42. The van der Waals surface area contributed by atoms with Gasteiger partial charge in [0.1, 0.15) is 6.42 Å². The molecule has 1 saturated heterocycles. The minimum atomic E-state index is -1.08. The number of carbonyl (C=O) groups is 2. The van der Waals surface area contributed by atoms with Crippen LogP contribution in [0, 0.1) is 0 Å². The van der Waals surface area contributed by atoms with Crippen LogP contribution in [0.25, 0.3) is 0 Å². The van der Waals surface area contributed by atoms with Crippen LogP contribution >= 0.6 is 0 Å². The Morgan fingerprint density at radius 2 is 1.88 bits per heavy atom. The number of carbonyl (C=O) groups excluding carboxylic acids is 1. The van der Waals surface area contributed by atoms with Crippen molar-refractivity contribution < 1.29 is 14.7 Å². The van der Waals surface area contributed by atoms with Crippen LogP contribution < -0.4 is 5.32 Å². The van der Waals surface area contributed by atoms with E-state index in [1.165, 1.54) is 0 Å². The lowest BCUT2D eigenvalue weighted by atomic mass is 10.3. The molecule has 6 heteroatoms. The average molecular weight is 243 g/mol. The van der Waals surface area contributed by atoms with Crippen molar-refractivity contribution in [2.75, 3.05) is 46.3 Å². The summed E-state index contributed by atoms with van der Waals surface area (Å²) in [5.41, 5.74) is 0. The summed E-state index contributed by atoms with van der Waals surface area (Å²) in [6.45, 7) is 5.83. The lowest BCUT2D eigenvalue weighted by molar-refractivity contribution is -0.140. The maximum Gasteiger partial charge on any atom is 0.312 e. The zero-order chi connectivity index (χ0) is 12.7. The van der Waals surface area contributed by atoms with E-state index in [2.05, 4.69) is 22.2 Å². The first-order valence-electron chi connectivity index (χ1n) is 5.97. The molecule has 2 N–H and O–H groups in total. The summed E-state index contributed by atoms with van der Waals surface area (Å²) in [4.78, 5) is 25.9. The Morgan fingerprint density at radius 1 is 1.24 bits per heavy atom. The van der Waals surface area contributed by atoms with Gasteiger partial charge in [0.2, 0.25) is 5.91 Å². The van der Waals surface area contributed by atoms with E-state index >= 15 is 0 Å². The molecule has 0 spiro atoms. The van der Waals surface area contributed by atoms with Gasteiger partial charge in [-0.2, -0.15) is 0 Å². The Bertz CT molecular complexity index is 263. The van der Waals surface area contributed by atoms with E-state index in [0.29, 0.717) is 6.54 Å². The third-order valence-electron chi connectivity index (χ3n) is 2.88. The van der Waals surface area contributed by atoms with Gasteiger partial charge in [0.25, 0.3) is 0 Å². The second kappa shape index (κ2) is 7.24. The maximum absolute atomic E-state index is 11.0. The number of hydrogen-bond acceptors (Lipinski definition) is 4. The van der Waals surface area contributed by atoms with Crippen molar-refractivity contribution in [2.45, 2.75) is 12.8 Å². The summed E-state index contributed by atoms with van der Waals surface area (Å²) in [7, 11) is 2.11. The van der Waals surface area contributed by atoms with E-state index < -0.39 is 18.3 Å². The second-order valence-corrected chi connectivity index (χ2v) is 4.42. The standard InChI is InChI=1S/C11H21N3O3/c1-13-5-7-14(8-6-13)4-2-3-12-10(15)9-11(16)17/h2-9H2,1H3,(H,12,15)(H,16,17). The van der Waals surface area contributed by atoms with Gasteiger partial charge >= 0.3 is 5.97 Å². The van der Waals surface area contributed by atoms with Crippen molar-refractivity contribution in [2.24, 2.45) is 0 Å². The number of nitrogens with zero attached hydrogens (tertiary/aromatic N) is 2. The number of carboxylic acid groups (broad SMARTS) is 1. The molecular weight excluding hydrogens is 222 g/mol. The normalized spacial score (nSPS) is 17.9. The van der Waals surface area contributed by atoms with Crippen LogP contribution in [0.1, 0.15) is 12.8 Å². The van der Waals surface area contributed by atoms with Crippen molar-refractivity contribution >= 4 is 11.9 Å². The summed E-state index contributed by atoms with van der Waals surface area (Å²) in [5, 5.41) is 11.0. The van der Waals surface area contributed by atoms with E-state index in [4.69, 9.17) is 5.11 Å². The van der Waals surface area contributed by atoms with Gasteiger partial charge in [-0.25, -0.2) is 0 Å². The fourth-order valence-electron chi connectivity index (χ4n) is 1.80. The summed E-state index contributed by atoms with van der Waals surface area (Å²) in [6, 6.07) is 0. The molecule has 17 heavy (non-hydrogen) atoms. The van der Waals surface area contributed by atoms with Crippen molar-refractivity contribution in [3.63, 3.8) is 0 Å². The van der Waals surface area contributed by atoms with E-state index in [1.54, 1.807) is 0 Å². The van der Waals surface area contributed by atoms with E-state index in [1.807, 2.05) is 0 Å². The van der Waals surface area contributed by atoms with Crippen molar-refractivity contribution in [1.29, 1.82) is 0 Å². The first-order valence-corrected chi connectivity index (χ1v) is 5.97. The molecule has 1 fully saturated rings. The largest absolute Gasteiger partial charge is 0.481 e. The fourth-order valence-corrected chi connectivity index (χ4v) is 1.80. The van der Waals surface area contributed by atoms with E-state index in [0.717, 1.165) is 39.1 Å². The number of piperazine rings is 1. The van der Waals surface area contributed by atoms with Gasteiger partial charge in [-0.1, -0.05) is 0 Å². The first-order chi connectivity index (χ1) is 8.08. The zero-order valence-electron chi connectivity index (χ0n) is 10.3. The van der Waals surface area contributed by atoms with Crippen molar-refractivity contribution in [1.82, 2.24) is 15.1 Å². The first kappa shape index (κ1) is 13.9. The summed E-state index contributed by atoms with van der Waals surface area (Å²) < 4.78 is 0. The topological polar surface area (TPSA) is 72.9 Å². The van der Waals surface area contributed by atoms with Crippen LogP contribution in [-0.4, -0.2) is 73.1 Å². The highest BCUT2D eigenvalue weighted by atomic mass is 16.4. The van der Waals surface area contributed by atoms with E-state index in [-0.39, 0.29) is 0 Å². The lowest BCUT2D eigenvalue weighted by Gasteiger charge is -2.32. The third kappa shape index (κ3) is 6.23. The number of amides is 1.